The van der Waals surface area contributed by atoms with Crippen LogP contribution in [0.25, 0.3) is 5.52 Å². The van der Waals surface area contributed by atoms with Crippen molar-refractivity contribution in [1.82, 2.24) is 14.6 Å². The third-order valence-electron chi connectivity index (χ3n) is 2.19. The largest absolute Gasteiger partial charge is 0.462 e. The number of nitrogens with zero attached hydrogens (tertiary/aromatic N) is 3. The van der Waals surface area contributed by atoms with E-state index in [0.29, 0.717) is 0 Å². The van der Waals surface area contributed by atoms with E-state index in [1.54, 1.807) is 0 Å². The van der Waals surface area contributed by atoms with E-state index in [4.69, 9.17) is 0 Å². The Hall–Kier alpha value is -2.12. The molecule has 0 N–H and O–H groups in total. The highest BCUT2D eigenvalue weighted by molar-refractivity contribution is 5.98. The van der Waals surface area contributed by atoms with Crippen molar-refractivity contribution in [3.8, 4) is 0 Å². The summed E-state index contributed by atoms with van der Waals surface area (Å²) in [6.07, 6.45) is -2.36. The third-order valence-corrected chi connectivity index (χ3v) is 2.19. The number of alkyl halides is 3. The molecule has 0 fully saturated rings. The van der Waals surface area contributed by atoms with Gasteiger partial charge in [0, 0.05) is 6.20 Å². The Morgan fingerprint density at radius 3 is 2.83 bits per heavy atom. The monoisotopic (exact) mass is 259 g/mol. The van der Waals surface area contributed by atoms with Gasteiger partial charge in [-0.3, -0.25) is 0 Å². The molecule has 0 bridgehead atoms. The van der Waals surface area contributed by atoms with Crippen LogP contribution in [0.15, 0.2) is 18.6 Å². The molecular weight excluding hydrogens is 251 g/mol. The maximum Gasteiger partial charge on any atom is 0.436 e. The number of hydrogen-bond acceptors (Lipinski definition) is 4. The summed E-state index contributed by atoms with van der Waals surface area (Å²) in [5.74, 6) is -1.05. The van der Waals surface area contributed by atoms with Crippen molar-refractivity contribution < 1.29 is 22.7 Å². The van der Waals surface area contributed by atoms with Crippen molar-refractivity contribution >= 4 is 11.5 Å². The molecule has 2 heterocycles. The zero-order valence-corrected chi connectivity index (χ0v) is 9.23. The highest BCUT2D eigenvalue weighted by Gasteiger charge is 2.40. The molecule has 2 rings (SSSR count). The minimum absolute atomic E-state index is 0.00998. The summed E-state index contributed by atoms with van der Waals surface area (Å²) in [7, 11) is 0. The highest BCUT2D eigenvalue weighted by Crippen LogP contribution is 2.33. The molecule has 96 valence electrons. The fraction of sp³-hybridized carbons (Fsp3) is 0.300. The summed E-state index contributed by atoms with van der Waals surface area (Å²) in [6, 6.07) is 1.27. The van der Waals surface area contributed by atoms with E-state index in [0.717, 1.165) is 10.8 Å². The first-order valence-corrected chi connectivity index (χ1v) is 5.01. The maximum absolute atomic E-state index is 12.8. The zero-order chi connectivity index (χ0) is 13.3. The predicted molar refractivity (Wildman–Crippen MR) is 53.9 cm³/mol. The van der Waals surface area contributed by atoms with Gasteiger partial charge in [-0.1, -0.05) is 0 Å². The molecular formula is C10H8F3N3O2. The van der Waals surface area contributed by atoms with Crippen LogP contribution in [-0.4, -0.2) is 27.2 Å². The number of aromatic nitrogens is 3. The first-order chi connectivity index (χ1) is 8.45. The number of ether oxygens (including phenoxy) is 1. The second-order valence-corrected chi connectivity index (χ2v) is 3.35. The van der Waals surface area contributed by atoms with Crippen molar-refractivity contribution in [3.05, 3.63) is 29.8 Å². The number of hydrogen-bond donors (Lipinski definition) is 0. The first-order valence-electron chi connectivity index (χ1n) is 5.01. The third kappa shape index (κ3) is 2.01. The van der Waals surface area contributed by atoms with E-state index in [1.165, 1.54) is 19.2 Å². The molecule has 0 aromatic carbocycles. The summed E-state index contributed by atoms with van der Waals surface area (Å²) < 4.78 is 43.9. The molecule has 18 heavy (non-hydrogen) atoms. The van der Waals surface area contributed by atoms with E-state index in [9.17, 15) is 18.0 Å². The molecule has 0 saturated carbocycles. The second kappa shape index (κ2) is 4.28. The lowest BCUT2D eigenvalue weighted by molar-refractivity contribution is -0.141. The standard InChI is InChI=1S/C10H8F3N3O2/c1-2-18-9(17)7-6-3-4-14-5-16(6)15-8(7)10(11,12)13/h3-5H,2H2,1H3. The molecule has 2 aromatic rings. The molecule has 0 amide bonds. The number of carbonyl (C=O) groups excluding carboxylic acids is 1. The number of carbonyl (C=O) groups is 1. The Kier molecular flexibility index (Phi) is 2.93. The van der Waals surface area contributed by atoms with Crippen molar-refractivity contribution in [2.75, 3.05) is 6.61 Å². The smallest absolute Gasteiger partial charge is 0.436 e. The predicted octanol–water partition coefficient (Wildman–Crippen LogP) is 1.92. The number of esters is 1. The number of rotatable bonds is 2. The fourth-order valence-corrected chi connectivity index (χ4v) is 1.51. The lowest BCUT2D eigenvalue weighted by Gasteiger charge is -2.05. The molecule has 0 spiro atoms. The zero-order valence-electron chi connectivity index (χ0n) is 9.23. The Morgan fingerprint density at radius 1 is 1.50 bits per heavy atom. The van der Waals surface area contributed by atoms with Crippen LogP contribution in [0.3, 0.4) is 0 Å². The van der Waals surface area contributed by atoms with E-state index in [2.05, 4.69) is 14.8 Å². The molecule has 0 aliphatic heterocycles. The fourth-order valence-electron chi connectivity index (χ4n) is 1.51. The van der Waals surface area contributed by atoms with Gasteiger partial charge < -0.3 is 4.74 Å². The Bertz CT molecular complexity index is 592. The average molecular weight is 259 g/mol. The van der Waals surface area contributed by atoms with Gasteiger partial charge in [0.15, 0.2) is 5.69 Å². The van der Waals surface area contributed by atoms with Gasteiger partial charge in [0.2, 0.25) is 0 Å². The molecule has 0 saturated heterocycles. The topological polar surface area (TPSA) is 56.5 Å². The van der Waals surface area contributed by atoms with E-state index in [-0.39, 0.29) is 12.1 Å². The molecule has 0 aliphatic rings. The molecule has 0 unspecified atom stereocenters. The van der Waals surface area contributed by atoms with Crippen LogP contribution in [0.5, 0.6) is 0 Å². The second-order valence-electron chi connectivity index (χ2n) is 3.35. The minimum atomic E-state index is -4.73. The van der Waals surface area contributed by atoms with Crippen LogP contribution >= 0.6 is 0 Å². The Balaban J connectivity index is 2.69. The Labute approximate surface area is 99.2 Å². The van der Waals surface area contributed by atoms with Crippen LogP contribution in [0.1, 0.15) is 23.0 Å². The highest BCUT2D eigenvalue weighted by atomic mass is 19.4. The Morgan fingerprint density at radius 2 is 2.22 bits per heavy atom. The van der Waals surface area contributed by atoms with Crippen LogP contribution in [0, 0.1) is 0 Å². The van der Waals surface area contributed by atoms with Crippen LogP contribution in [0.2, 0.25) is 0 Å². The molecule has 0 atom stereocenters. The van der Waals surface area contributed by atoms with Crippen LogP contribution in [0.4, 0.5) is 13.2 Å². The van der Waals surface area contributed by atoms with Gasteiger partial charge in [0.25, 0.3) is 0 Å². The van der Waals surface area contributed by atoms with E-state index < -0.39 is 23.4 Å². The maximum atomic E-state index is 12.8. The molecule has 5 nitrogen and oxygen atoms in total. The van der Waals surface area contributed by atoms with E-state index in [1.807, 2.05) is 0 Å². The SMILES string of the molecule is CCOC(=O)c1c(C(F)(F)F)nn2cnccc12. The van der Waals surface area contributed by atoms with Gasteiger partial charge in [0.1, 0.15) is 11.9 Å². The van der Waals surface area contributed by atoms with Crippen molar-refractivity contribution in [2.24, 2.45) is 0 Å². The van der Waals surface area contributed by atoms with Crippen molar-refractivity contribution in [3.63, 3.8) is 0 Å². The molecule has 0 radical (unpaired) electrons. The summed E-state index contributed by atoms with van der Waals surface area (Å²) in [5.41, 5.74) is -1.85. The summed E-state index contributed by atoms with van der Waals surface area (Å²) in [5, 5.41) is 3.32. The number of halogens is 3. The van der Waals surface area contributed by atoms with Crippen molar-refractivity contribution in [1.29, 1.82) is 0 Å². The molecule has 8 heteroatoms. The van der Waals surface area contributed by atoms with Gasteiger partial charge in [-0.05, 0) is 13.0 Å². The molecule has 2 aromatic heterocycles. The summed E-state index contributed by atoms with van der Waals surface area (Å²) in [6.45, 7) is 1.50. The average Bonchev–Trinajstić information content (AvgIpc) is 2.68. The van der Waals surface area contributed by atoms with Crippen LogP contribution in [-0.2, 0) is 10.9 Å². The van der Waals surface area contributed by atoms with Crippen molar-refractivity contribution in [2.45, 2.75) is 13.1 Å². The first kappa shape index (κ1) is 12.3. The van der Waals surface area contributed by atoms with Gasteiger partial charge in [-0.25, -0.2) is 14.3 Å². The van der Waals surface area contributed by atoms with Gasteiger partial charge >= 0.3 is 12.1 Å². The quantitative estimate of drug-likeness (QED) is 0.773. The van der Waals surface area contributed by atoms with Gasteiger partial charge in [-0.15, -0.1) is 0 Å². The van der Waals surface area contributed by atoms with Gasteiger partial charge in [0.05, 0.1) is 12.1 Å². The lowest BCUT2D eigenvalue weighted by atomic mass is 10.2. The summed E-state index contributed by atoms with van der Waals surface area (Å²) >= 11 is 0. The molecule has 0 aliphatic carbocycles. The van der Waals surface area contributed by atoms with Crippen LogP contribution < -0.4 is 0 Å². The number of fused-ring (bicyclic) bond motifs is 1. The van der Waals surface area contributed by atoms with E-state index >= 15 is 0 Å². The normalized spacial score (nSPS) is 11.8. The van der Waals surface area contributed by atoms with Gasteiger partial charge in [-0.2, -0.15) is 18.3 Å². The lowest BCUT2D eigenvalue weighted by Crippen LogP contribution is -2.14. The summed E-state index contributed by atoms with van der Waals surface area (Å²) in [4.78, 5) is 15.2. The minimum Gasteiger partial charge on any atom is -0.462 e.